The Morgan fingerprint density at radius 1 is 1.23 bits per heavy atom. The Labute approximate surface area is 186 Å². The average Bonchev–Trinajstić information content (AvgIpc) is 2.70. The van der Waals surface area contributed by atoms with E-state index in [2.05, 4.69) is 9.71 Å². The topological polar surface area (TPSA) is 67.8 Å². The van der Waals surface area contributed by atoms with Crippen LogP contribution in [0.5, 0.6) is 5.75 Å². The van der Waals surface area contributed by atoms with E-state index in [0.717, 1.165) is 12.0 Å². The molecule has 31 heavy (non-hydrogen) atoms. The average molecular weight is 471 g/mol. The molecule has 5 nitrogen and oxygen atoms in total. The number of nitrogens with one attached hydrogen (secondary N) is 1. The van der Waals surface area contributed by atoms with E-state index in [1.54, 1.807) is 13.8 Å². The van der Waals surface area contributed by atoms with E-state index < -0.39 is 37.6 Å². The zero-order valence-electron chi connectivity index (χ0n) is 17.7. The summed E-state index contributed by atoms with van der Waals surface area (Å²) in [7, 11) is -4.32. The van der Waals surface area contributed by atoms with Gasteiger partial charge < -0.3 is 4.74 Å². The number of rotatable bonds is 8. The Balaban J connectivity index is 2.18. The number of hydrogen-bond donors (Lipinski definition) is 1. The van der Waals surface area contributed by atoms with Gasteiger partial charge in [-0.1, -0.05) is 36.2 Å². The molecule has 168 valence electrons. The fourth-order valence-corrected chi connectivity index (χ4v) is 3.99. The van der Waals surface area contributed by atoms with Crippen molar-refractivity contribution in [1.29, 1.82) is 0 Å². The molecule has 1 N–H and O–H groups in total. The van der Waals surface area contributed by atoms with Gasteiger partial charge in [-0.15, -0.1) is 0 Å². The molecule has 0 radical (unpaired) electrons. The summed E-state index contributed by atoms with van der Waals surface area (Å²) >= 11 is 5.49. The van der Waals surface area contributed by atoms with Crippen LogP contribution in [0.3, 0.4) is 0 Å². The molecule has 1 atom stereocenters. The maximum atomic E-state index is 14.0. The van der Waals surface area contributed by atoms with E-state index in [9.17, 15) is 17.2 Å². The van der Waals surface area contributed by atoms with Crippen molar-refractivity contribution in [3.63, 3.8) is 0 Å². The molecule has 0 bridgehead atoms. The summed E-state index contributed by atoms with van der Waals surface area (Å²) in [6, 6.07) is 7.99. The first-order valence-electron chi connectivity index (χ1n) is 9.68. The number of nitrogens with zero attached hydrogens (tertiary/aromatic N) is 1. The zero-order chi connectivity index (χ0) is 23.2. The van der Waals surface area contributed by atoms with Gasteiger partial charge in [0.1, 0.15) is 22.3 Å². The lowest BCUT2D eigenvalue weighted by molar-refractivity contribution is 0.529. The van der Waals surface area contributed by atoms with Crippen LogP contribution in [0.4, 0.5) is 8.78 Å². The van der Waals surface area contributed by atoms with Crippen molar-refractivity contribution < 1.29 is 21.9 Å². The molecule has 0 aliphatic carbocycles. The fraction of sp³-hybridized carbons (Fsp3) is 0.318. The second-order valence-corrected chi connectivity index (χ2v) is 9.19. The molecule has 2 aromatic rings. The monoisotopic (exact) mass is 470 g/mol. The van der Waals surface area contributed by atoms with Crippen LogP contribution < -0.4 is 9.46 Å². The third-order valence-corrected chi connectivity index (χ3v) is 6.26. The lowest BCUT2D eigenvalue weighted by Crippen LogP contribution is -2.34. The van der Waals surface area contributed by atoms with Crippen molar-refractivity contribution in [2.45, 2.75) is 51.5 Å². The second-order valence-electron chi connectivity index (χ2n) is 7.10. The van der Waals surface area contributed by atoms with Crippen LogP contribution in [0.15, 0.2) is 58.1 Å². The lowest BCUT2D eigenvalue weighted by Gasteiger charge is -2.15. The minimum Gasteiger partial charge on any atom is -0.443 e. The van der Waals surface area contributed by atoms with E-state index in [1.165, 1.54) is 6.20 Å². The molecule has 0 fully saturated rings. The van der Waals surface area contributed by atoms with E-state index in [0.29, 0.717) is 35.8 Å². The summed E-state index contributed by atoms with van der Waals surface area (Å²) in [5.74, 6) is -1.03. The largest absolute Gasteiger partial charge is 0.443 e. The predicted octanol–water partition coefficient (Wildman–Crippen LogP) is 5.77. The van der Waals surface area contributed by atoms with Crippen molar-refractivity contribution in [3.05, 3.63) is 70.4 Å². The number of hydrogen-bond acceptors (Lipinski definition) is 4. The first-order chi connectivity index (χ1) is 14.5. The summed E-state index contributed by atoms with van der Waals surface area (Å²) in [5.41, 5.74) is 1.66. The van der Waals surface area contributed by atoms with Gasteiger partial charge in [0.25, 0.3) is 0 Å². The van der Waals surface area contributed by atoms with Gasteiger partial charge in [0.15, 0.2) is 5.90 Å². The first-order valence-corrected chi connectivity index (χ1v) is 11.5. The van der Waals surface area contributed by atoms with Gasteiger partial charge >= 0.3 is 0 Å². The molecule has 0 spiro atoms. The molecule has 0 saturated carbocycles. The third-order valence-electron chi connectivity index (χ3n) is 4.41. The highest BCUT2D eigenvalue weighted by Crippen LogP contribution is 2.23. The minimum atomic E-state index is -4.32. The van der Waals surface area contributed by atoms with Gasteiger partial charge in [0.05, 0.1) is 5.02 Å². The molecule has 2 aromatic carbocycles. The van der Waals surface area contributed by atoms with Crippen molar-refractivity contribution in [2.75, 3.05) is 0 Å². The minimum absolute atomic E-state index is 0.478. The highest BCUT2D eigenvalue weighted by Gasteiger charge is 2.24. The zero-order valence-corrected chi connectivity index (χ0v) is 19.3. The Hall–Kier alpha value is -2.29. The quantitative estimate of drug-likeness (QED) is 0.302. The van der Waals surface area contributed by atoms with Crippen molar-refractivity contribution in [3.8, 4) is 5.75 Å². The van der Waals surface area contributed by atoms with E-state index in [-0.39, 0.29) is 0 Å². The molecule has 1 unspecified atom stereocenters. The SMILES string of the molecule is CCCC(=N/C=C(\C)C(C)NS(=O)(=O)c1cc(F)c(Cl)cc1F)Oc1ccc(C)cc1. The summed E-state index contributed by atoms with van der Waals surface area (Å²) in [4.78, 5) is 3.53. The standard InChI is InChI=1S/C22H25ClF2N2O3S/c1-5-6-22(30-17-9-7-14(2)8-10-17)26-13-15(3)16(4)27-31(28,29)21-12-19(24)18(23)11-20(21)25/h7-13,16,27H,5-6H2,1-4H3/b15-13+,26-22?. The molecule has 0 amide bonds. The Bertz CT molecular complexity index is 1080. The van der Waals surface area contributed by atoms with Crippen LogP contribution in [-0.2, 0) is 10.0 Å². The van der Waals surface area contributed by atoms with Crippen LogP contribution in [0.1, 0.15) is 39.2 Å². The lowest BCUT2D eigenvalue weighted by atomic mass is 10.2. The third kappa shape index (κ3) is 7.12. The Kier molecular flexibility index (Phi) is 8.73. The van der Waals surface area contributed by atoms with Crippen LogP contribution >= 0.6 is 11.6 Å². The molecule has 0 heterocycles. The first kappa shape index (κ1) is 25.0. The summed E-state index contributed by atoms with van der Waals surface area (Å²) in [5, 5.41) is -0.494. The second kappa shape index (κ2) is 10.8. The van der Waals surface area contributed by atoms with E-state index in [1.807, 2.05) is 38.1 Å². The normalized spacial score (nSPS) is 13.9. The molecular formula is C22H25ClF2N2O3S. The number of ether oxygens (including phenoxy) is 1. The predicted molar refractivity (Wildman–Crippen MR) is 119 cm³/mol. The van der Waals surface area contributed by atoms with Crippen LogP contribution in [0, 0.1) is 18.6 Å². The molecule has 2 rings (SSSR count). The molecule has 0 aliphatic rings. The number of aryl methyl sites for hydroxylation is 1. The summed E-state index contributed by atoms with van der Waals surface area (Å²) in [6.07, 6.45) is 2.89. The molecular weight excluding hydrogens is 446 g/mol. The molecule has 0 aromatic heterocycles. The fourth-order valence-electron chi connectivity index (χ4n) is 2.48. The molecule has 9 heteroatoms. The highest BCUT2D eigenvalue weighted by molar-refractivity contribution is 7.89. The number of benzene rings is 2. The van der Waals surface area contributed by atoms with E-state index >= 15 is 0 Å². The Morgan fingerprint density at radius 2 is 1.87 bits per heavy atom. The van der Waals surface area contributed by atoms with Gasteiger partial charge in [-0.25, -0.2) is 26.9 Å². The van der Waals surface area contributed by atoms with Gasteiger partial charge in [-0.05, 0) is 57.0 Å². The smallest absolute Gasteiger partial charge is 0.244 e. The number of sulfonamides is 1. The molecule has 0 aliphatic heterocycles. The number of halogens is 3. The van der Waals surface area contributed by atoms with Gasteiger partial charge in [0.2, 0.25) is 10.0 Å². The van der Waals surface area contributed by atoms with Crippen LogP contribution in [0.2, 0.25) is 5.02 Å². The van der Waals surface area contributed by atoms with Crippen molar-refractivity contribution in [2.24, 2.45) is 4.99 Å². The summed E-state index contributed by atoms with van der Waals surface area (Å²) < 4.78 is 60.8. The van der Waals surface area contributed by atoms with Crippen molar-refractivity contribution in [1.82, 2.24) is 4.72 Å². The maximum Gasteiger partial charge on any atom is 0.244 e. The Morgan fingerprint density at radius 3 is 2.48 bits per heavy atom. The molecule has 0 saturated heterocycles. The van der Waals surface area contributed by atoms with Crippen molar-refractivity contribution >= 4 is 27.5 Å². The summed E-state index contributed by atoms with van der Waals surface area (Å²) in [6.45, 7) is 7.21. The highest BCUT2D eigenvalue weighted by atomic mass is 35.5. The van der Waals surface area contributed by atoms with Crippen LogP contribution in [0.25, 0.3) is 0 Å². The number of aliphatic imine (C=N–C) groups is 1. The maximum absolute atomic E-state index is 14.0. The van der Waals surface area contributed by atoms with Gasteiger partial charge in [-0.2, -0.15) is 0 Å². The van der Waals surface area contributed by atoms with E-state index in [4.69, 9.17) is 16.3 Å². The van der Waals surface area contributed by atoms with Gasteiger partial charge in [0, 0.05) is 18.7 Å². The van der Waals surface area contributed by atoms with Gasteiger partial charge in [-0.3, -0.25) is 0 Å². The van der Waals surface area contributed by atoms with Crippen LogP contribution in [-0.4, -0.2) is 20.4 Å².